The number of carboxylic acid groups (broad SMARTS) is 1. The van der Waals surface area contributed by atoms with E-state index in [2.05, 4.69) is 0 Å². The molecule has 0 aliphatic heterocycles. The number of aliphatic carboxylic acids is 1. The zero-order valence-electron chi connectivity index (χ0n) is 7.66. The number of carbonyl (C=O) groups is 1. The standard InChI is InChI=1S/C11H13O2/c1-9(8-11(12)13)7-10-5-3-2-4-6-10/h2-6H,7-8H2,1H3,(H,12,13). The highest BCUT2D eigenvalue weighted by molar-refractivity contribution is 5.69. The van der Waals surface area contributed by atoms with E-state index in [-0.39, 0.29) is 6.42 Å². The van der Waals surface area contributed by atoms with E-state index in [0.29, 0.717) is 0 Å². The molecule has 1 aromatic rings. The lowest BCUT2D eigenvalue weighted by molar-refractivity contribution is -0.136. The Balaban J connectivity index is 2.45. The van der Waals surface area contributed by atoms with Gasteiger partial charge in [0.25, 0.3) is 0 Å². The second kappa shape index (κ2) is 4.65. The molecule has 0 heterocycles. The molecular weight excluding hydrogens is 164 g/mol. The summed E-state index contributed by atoms with van der Waals surface area (Å²) in [6.45, 7) is 1.88. The number of carboxylic acids is 1. The van der Waals surface area contributed by atoms with Gasteiger partial charge in [0.2, 0.25) is 0 Å². The lowest BCUT2D eigenvalue weighted by Gasteiger charge is -2.06. The summed E-state index contributed by atoms with van der Waals surface area (Å²) in [5.41, 5.74) is 1.17. The summed E-state index contributed by atoms with van der Waals surface area (Å²) >= 11 is 0. The van der Waals surface area contributed by atoms with Crippen LogP contribution < -0.4 is 0 Å². The molecule has 0 saturated heterocycles. The van der Waals surface area contributed by atoms with E-state index in [1.54, 1.807) is 0 Å². The molecule has 0 atom stereocenters. The first-order valence-electron chi connectivity index (χ1n) is 4.25. The van der Waals surface area contributed by atoms with E-state index in [1.165, 1.54) is 5.56 Å². The molecule has 1 radical (unpaired) electrons. The average Bonchev–Trinajstić information content (AvgIpc) is 2.04. The van der Waals surface area contributed by atoms with Gasteiger partial charge in [-0.3, -0.25) is 4.79 Å². The van der Waals surface area contributed by atoms with Gasteiger partial charge in [0.05, 0.1) is 6.42 Å². The van der Waals surface area contributed by atoms with E-state index in [0.717, 1.165) is 12.3 Å². The molecule has 0 spiro atoms. The fraction of sp³-hybridized carbons (Fsp3) is 0.273. The summed E-state index contributed by atoms with van der Waals surface area (Å²) in [4.78, 5) is 10.4. The van der Waals surface area contributed by atoms with Crippen molar-refractivity contribution in [1.29, 1.82) is 0 Å². The van der Waals surface area contributed by atoms with E-state index in [4.69, 9.17) is 5.11 Å². The first-order valence-corrected chi connectivity index (χ1v) is 4.25. The molecule has 1 aromatic carbocycles. The molecule has 1 rings (SSSR count). The molecule has 69 valence electrons. The molecule has 0 aliphatic rings. The lowest BCUT2D eigenvalue weighted by Crippen LogP contribution is -2.04. The van der Waals surface area contributed by atoms with Gasteiger partial charge in [-0.2, -0.15) is 0 Å². The molecule has 2 heteroatoms. The first kappa shape index (κ1) is 9.78. The Kier molecular flexibility index (Phi) is 3.50. The highest BCUT2D eigenvalue weighted by Crippen LogP contribution is 2.12. The number of benzene rings is 1. The van der Waals surface area contributed by atoms with E-state index >= 15 is 0 Å². The Bertz CT molecular complexity index is 267. The minimum absolute atomic E-state index is 0.162. The molecule has 13 heavy (non-hydrogen) atoms. The van der Waals surface area contributed by atoms with Crippen molar-refractivity contribution in [2.75, 3.05) is 0 Å². The first-order chi connectivity index (χ1) is 6.18. The van der Waals surface area contributed by atoms with Gasteiger partial charge < -0.3 is 5.11 Å². The summed E-state index contributed by atoms with van der Waals surface area (Å²) in [5, 5.41) is 8.54. The Labute approximate surface area is 78.2 Å². The minimum Gasteiger partial charge on any atom is -0.481 e. The van der Waals surface area contributed by atoms with Crippen LogP contribution in [0.2, 0.25) is 0 Å². The van der Waals surface area contributed by atoms with Crippen LogP contribution in [-0.4, -0.2) is 11.1 Å². The van der Waals surface area contributed by atoms with Crippen molar-refractivity contribution in [2.45, 2.75) is 19.8 Å². The van der Waals surface area contributed by atoms with Crippen LogP contribution in [0.15, 0.2) is 30.3 Å². The van der Waals surface area contributed by atoms with Gasteiger partial charge in [-0.1, -0.05) is 37.3 Å². The summed E-state index contributed by atoms with van der Waals surface area (Å²) in [5.74, 6) is 0.229. The topological polar surface area (TPSA) is 37.3 Å². The average molecular weight is 177 g/mol. The maximum atomic E-state index is 10.4. The zero-order valence-corrected chi connectivity index (χ0v) is 7.66. The van der Waals surface area contributed by atoms with Gasteiger partial charge in [-0.05, 0) is 17.9 Å². The van der Waals surface area contributed by atoms with Gasteiger partial charge >= 0.3 is 5.97 Å². The summed E-state index contributed by atoms with van der Waals surface area (Å²) in [6, 6.07) is 9.89. The Hall–Kier alpha value is -1.31. The second-order valence-electron chi connectivity index (χ2n) is 3.19. The summed E-state index contributed by atoms with van der Waals surface area (Å²) in [6.07, 6.45) is 0.919. The van der Waals surface area contributed by atoms with Gasteiger partial charge in [0.15, 0.2) is 0 Å². The molecule has 0 unspecified atom stereocenters. The SMILES string of the molecule is C[C](CC(=O)O)Cc1ccccc1. The third kappa shape index (κ3) is 3.74. The fourth-order valence-corrected chi connectivity index (χ4v) is 1.26. The molecule has 0 saturated carbocycles. The number of rotatable bonds is 4. The van der Waals surface area contributed by atoms with Gasteiger partial charge in [0.1, 0.15) is 0 Å². The molecule has 0 aromatic heterocycles. The maximum absolute atomic E-state index is 10.4. The quantitative estimate of drug-likeness (QED) is 0.766. The Morgan fingerprint density at radius 2 is 1.92 bits per heavy atom. The second-order valence-corrected chi connectivity index (χ2v) is 3.19. The Morgan fingerprint density at radius 3 is 2.46 bits per heavy atom. The normalized spacial score (nSPS) is 10.3. The number of hydrogen-bond donors (Lipinski definition) is 1. The van der Waals surface area contributed by atoms with Crippen LogP contribution in [-0.2, 0) is 11.2 Å². The predicted octanol–water partition coefficient (Wildman–Crippen LogP) is 2.30. The largest absolute Gasteiger partial charge is 0.481 e. The van der Waals surface area contributed by atoms with Crippen molar-refractivity contribution >= 4 is 5.97 Å². The van der Waals surface area contributed by atoms with Crippen molar-refractivity contribution in [3.8, 4) is 0 Å². The van der Waals surface area contributed by atoms with Crippen LogP contribution in [0.5, 0.6) is 0 Å². The summed E-state index contributed by atoms with van der Waals surface area (Å²) < 4.78 is 0. The molecule has 1 N–H and O–H groups in total. The van der Waals surface area contributed by atoms with Gasteiger partial charge in [-0.25, -0.2) is 0 Å². The van der Waals surface area contributed by atoms with Crippen LogP contribution in [0, 0.1) is 5.92 Å². The van der Waals surface area contributed by atoms with Crippen LogP contribution in [0.3, 0.4) is 0 Å². The third-order valence-corrected chi connectivity index (χ3v) is 1.80. The highest BCUT2D eigenvalue weighted by atomic mass is 16.4. The van der Waals surface area contributed by atoms with Gasteiger partial charge in [-0.15, -0.1) is 0 Å². The monoisotopic (exact) mass is 177 g/mol. The number of hydrogen-bond acceptors (Lipinski definition) is 1. The molecule has 0 bridgehead atoms. The van der Waals surface area contributed by atoms with Crippen molar-refractivity contribution in [1.82, 2.24) is 0 Å². The third-order valence-electron chi connectivity index (χ3n) is 1.80. The molecule has 0 aliphatic carbocycles. The van der Waals surface area contributed by atoms with Crippen LogP contribution in [0.1, 0.15) is 18.9 Å². The van der Waals surface area contributed by atoms with Crippen molar-refractivity contribution in [3.63, 3.8) is 0 Å². The van der Waals surface area contributed by atoms with Crippen molar-refractivity contribution in [3.05, 3.63) is 41.8 Å². The molecule has 2 nitrogen and oxygen atoms in total. The van der Waals surface area contributed by atoms with Crippen molar-refractivity contribution < 1.29 is 9.90 Å². The molecule has 0 amide bonds. The van der Waals surface area contributed by atoms with E-state index in [9.17, 15) is 4.79 Å². The lowest BCUT2D eigenvalue weighted by atomic mass is 9.98. The molecule has 0 fully saturated rings. The zero-order chi connectivity index (χ0) is 9.68. The van der Waals surface area contributed by atoms with Crippen molar-refractivity contribution in [2.24, 2.45) is 0 Å². The highest BCUT2D eigenvalue weighted by Gasteiger charge is 2.08. The fourth-order valence-electron chi connectivity index (χ4n) is 1.26. The maximum Gasteiger partial charge on any atom is 0.303 e. The Morgan fingerprint density at radius 1 is 1.31 bits per heavy atom. The van der Waals surface area contributed by atoms with Crippen LogP contribution in [0.4, 0.5) is 0 Å². The van der Waals surface area contributed by atoms with Crippen LogP contribution in [0.25, 0.3) is 0 Å². The van der Waals surface area contributed by atoms with E-state index in [1.807, 2.05) is 37.3 Å². The van der Waals surface area contributed by atoms with Crippen LogP contribution >= 0.6 is 0 Å². The smallest absolute Gasteiger partial charge is 0.303 e. The van der Waals surface area contributed by atoms with Gasteiger partial charge in [0, 0.05) is 0 Å². The predicted molar refractivity (Wildman–Crippen MR) is 51.3 cm³/mol. The minimum atomic E-state index is -0.756. The van der Waals surface area contributed by atoms with E-state index < -0.39 is 5.97 Å². The summed E-state index contributed by atoms with van der Waals surface area (Å²) in [7, 11) is 0. The molecular formula is C11H13O2.